The van der Waals surface area contributed by atoms with Gasteiger partial charge in [-0.2, -0.15) is 0 Å². The second-order valence-corrected chi connectivity index (χ2v) is 11.4. The van der Waals surface area contributed by atoms with Crippen molar-refractivity contribution in [2.75, 3.05) is 18.5 Å². The SMILES string of the molecule is CCOC(=O)C1=C(C)N=C(C)C(C(=O)OCC)C1c1ccccc1Nc1nc(-c2cccc(S(N)(=O)=O)c2)cs1. The van der Waals surface area contributed by atoms with E-state index in [1.54, 1.807) is 45.2 Å². The first-order valence-electron chi connectivity index (χ1n) is 12.6. The summed E-state index contributed by atoms with van der Waals surface area (Å²) < 4.78 is 34.4. The Labute approximate surface area is 237 Å². The zero-order valence-corrected chi connectivity index (χ0v) is 24.1. The highest BCUT2D eigenvalue weighted by molar-refractivity contribution is 7.89. The minimum Gasteiger partial charge on any atom is -0.465 e. The third kappa shape index (κ3) is 6.14. The Balaban J connectivity index is 1.76. The van der Waals surface area contributed by atoms with Gasteiger partial charge in [0.25, 0.3) is 0 Å². The van der Waals surface area contributed by atoms with E-state index in [0.717, 1.165) is 0 Å². The number of aliphatic imine (C=N–C) groups is 1. The second kappa shape index (κ2) is 12.1. The summed E-state index contributed by atoms with van der Waals surface area (Å²) in [5.74, 6) is -2.58. The number of esters is 2. The summed E-state index contributed by atoms with van der Waals surface area (Å²) in [5.41, 5.74) is 3.75. The highest BCUT2D eigenvalue weighted by Crippen LogP contribution is 2.43. The lowest BCUT2D eigenvalue weighted by Gasteiger charge is -2.32. The average molecular weight is 583 g/mol. The quantitative estimate of drug-likeness (QED) is 0.342. The number of primary sulfonamides is 1. The van der Waals surface area contributed by atoms with Crippen LogP contribution in [0.25, 0.3) is 11.3 Å². The smallest absolute Gasteiger partial charge is 0.336 e. The maximum Gasteiger partial charge on any atom is 0.336 e. The maximum absolute atomic E-state index is 13.2. The number of benzene rings is 2. The van der Waals surface area contributed by atoms with Crippen molar-refractivity contribution in [1.29, 1.82) is 0 Å². The molecule has 1 aliphatic heterocycles. The highest BCUT2D eigenvalue weighted by Gasteiger charge is 2.43. The molecule has 12 heteroatoms. The fourth-order valence-corrected chi connectivity index (χ4v) is 5.97. The van der Waals surface area contributed by atoms with E-state index in [1.807, 2.05) is 24.3 Å². The number of anilines is 2. The number of allylic oxidation sites excluding steroid dienone is 1. The molecule has 1 aromatic heterocycles. The van der Waals surface area contributed by atoms with Gasteiger partial charge in [-0.3, -0.25) is 9.79 Å². The molecule has 0 fully saturated rings. The van der Waals surface area contributed by atoms with Gasteiger partial charge in [-0.05, 0) is 51.5 Å². The van der Waals surface area contributed by atoms with Crippen LogP contribution < -0.4 is 10.5 Å². The fourth-order valence-electron chi connectivity index (χ4n) is 4.68. The Hall–Kier alpha value is -3.87. The summed E-state index contributed by atoms with van der Waals surface area (Å²) in [6.45, 7) is 7.27. The summed E-state index contributed by atoms with van der Waals surface area (Å²) in [4.78, 5) is 35.5. The van der Waals surface area contributed by atoms with Gasteiger partial charge in [-0.15, -0.1) is 11.3 Å². The number of nitrogens with one attached hydrogen (secondary N) is 1. The number of sulfonamides is 1. The molecule has 1 aliphatic rings. The molecule has 2 atom stereocenters. The molecule has 2 unspecified atom stereocenters. The molecule has 0 radical (unpaired) electrons. The van der Waals surface area contributed by atoms with Crippen molar-refractivity contribution in [3.05, 3.63) is 70.7 Å². The molecular weight excluding hydrogens is 552 g/mol. The number of carbonyl (C=O) groups excluding carboxylic acids is 2. The molecule has 0 saturated carbocycles. The van der Waals surface area contributed by atoms with E-state index < -0.39 is 33.8 Å². The monoisotopic (exact) mass is 582 g/mol. The Kier molecular flexibility index (Phi) is 8.82. The normalized spacial score (nSPS) is 17.3. The second-order valence-electron chi connectivity index (χ2n) is 9.00. The van der Waals surface area contributed by atoms with E-state index >= 15 is 0 Å². The number of aromatic nitrogens is 1. The van der Waals surface area contributed by atoms with E-state index in [4.69, 9.17) is 14.6 Å². The Morgan fingerprint density at radius 1 is 1.05 bits per heavy atom. The van der Waals surface area contributed by atoms with E-state index in [1.165, 1.54) is 23.5 Å². The number of hydrogen-bond donors (Lipinski definition) is 2. The van der Waals surface area contributed by atoms with Crippen LogP contribution in [-0.4, -0.2) is 44.3 Å². The Morgan fingerprint density at radius 2 is 1.77 bits per heavy atom. The van der Waals surface area contributed by atoms with Crippen LogP contribution in [-0.2, 0) is 29.1 Å². The van der Waals surface area contributed by atoms with Gasteiger partial charge >= 0.3 is 11.9 Å². The fraction of sp³-hybridized carbons (Fsp3) is 0.286. The van der Waals surface area contributed by atoms with Gasteiger partial charge < -0.3 is 14.8 Å². The van der Waals surface area contributed by atoms with E-state index in [9.17, 15) is 18.0 Å². The maximum atomic E-state index is 13.2. The molecule has 2 aromatic carbocycles. The van der Waals surface area contributed by atoms with Crippen molar-refractivity contribution in [2.24, 2.45) is 16.0 Å². The number of para-hydroxylation sites is 1. The van der Waals surface area contributed by atoms with E-state index in [-0.39, 0.29) is 18.1 Å². The van der Waals surface area contributed by atoms with Gasteiger partial charge in [0.2, 0.25) is 10.0 Å². The number of thiazole rings is 1. The van der Waals surface area contributed by atoms with E-state index in [0.29, 0.717) is 44.6 Å². The third-order valence-electron chi connectivity index (χ3n) is 6.36. The molecule has 0 aliphatic carbocycles. The van der Waals surface area contributed by atoms with Crippen molar-refractivity contribution in [3.8, 4) is 11.3 Å². The summed E-state index contributed by atoms with van der Waals surface area (Å²) in [6.07, 6.45) is 0. The predicted octanol–water partition coefficient (Wildman–Crippen LogP) is 4.78. The van der Waals surface area contributed by atoms with Crippen molar-refractivity contribution in [3.63, 3.8) is 0 Å². The van der Waals surface area contributed by atoms with Gasteiger partial charge in [0.05, 0.1) is 29.4 Å². The van der Waals surface area contributed by atoms with Crippen LogP contribution in [0, 0.1) is 5.92 Å². The van der Waals surface area contributed by atoms with Crippen LogP contribution in [0.15, 0.2) is 75.1 Å². The number of hydrogen-bond acceptors (Lipinski definition) is 10. The zero-order valence-electron chi connectivity index (χ0n) is 22.5. The molecule has 0 saturated heterocycles. The van der Waals surface area contributed by atoms with Gasteiger partial charge in [-0.25, -0.2) is 23.3 Å². The Bertz CT molecular complexity index is 1610. The molecule has 4 rings (SSSR count). The molecule has 0 amide bonds. The molecule has 3 N–H and O–H groups in total. The van der Waals surface area contributed by atoms with Gasteiger partial charge in [0.1, 0.15) is 5.92 Å². The van der Waals surface area contributed by atoms with Crippen molar-refractivity contribution in [1.82, 2.24) is 4.98 Å². The first kappa shape index (κ1) is 29.1. The molecule has 0 spiro atoms. The topological polar surface area (TPSA) is 150 Å². The van der Waals surface area contributed by atoms with Crippen LogP contribution in [0.2, 0.25) is 0 Å². The number of nitrogens with two attached hydrogens (primary N) is 1. The summed E-state index contributed by atoms with van der Waals surface area (Å²) >= 11 is 1.32. The zero-order chi connectivity index (χ0) is 29.0. The van der Waals surface area contributed by atoms with Crippen molar-refractivity contribution < 1.29 is 27.5 Å². The minimum absolute atomic E-state index is 0.00848. The van der Waals surface area contributed by atoms with Crippen LogP contribution >= 0.6 is 11.3 Å². The molecule has 0 bridgehead atoms. The number of rotatable bonds is 9. The molecule has 2 heterocycles. The van der Waals surface area contributed by atoms with Gasteiger partial charge in [0.15, 0.2) is 5.13 Å². The summed E-state index contributed by atoms with van der Waals surface area (Å²) in [5, 5.41) is 10.9. The largest absolute Gasteiger partial charge is 0.465 e. The molecule has 40 heavy (non-hydrogen) atoms. The standard InChI is InChI=1S/C28H30N4O6S2/c1-5-37-26(33)23-16(3)30-17(4)24(27(34)38-6-2)25(23)20-12-7-8-13-21(20)31-28-32-22(15-39-28)18-10-9-11-19(14-18)40(29,35)36/h7-15,23,25H,5-6H2,1-4H3,(H,31,32)(H2,29,35,36). The molecule has 210 valence electrons. The van der Waals surface area contributed by atoms with Crippen LogP contribution in [0.3, 0.4) is 0 Å². The predicted molar refractivity (Wildman–Crippen MR) is 154 cm³/mol. The lowest BCUT2D eigenvalue weighted by atomic mass is 9.75. The number of nitrogens with zero attached hydrogens (tertiary/aromatic N) is 2. The molecule has 3 aromatic rings. The summed E-state index contributed by atoms with van der Waals surface area (Å²) in [6, 6.07) is 13.6. The summed E-state index contributed by atoms with van der Waals surface area (Å²) in [7, 11) is -3.86. The van der Waals surface area contributed by atoms with Crippen molar-refractivity contribution >= 4 is 49.8 Å². The van der Waals surface area contributed by atoms with Crippen LogP contribution in [0.1, 0.15) is 39.2 Å². The Morgan fingerprint density at radius 3 is 2.48 bits per heavy atom. The van der Waals surface area contributed by atoms with Crippen molar-refractivity contribution in [2.45, 2.75) is 38.5 Å². The average Bonchev–Trinajstić information content (AvgIpc) is 3.37. The first-order chi connectivity index (χ1) is 19.0. The minimum atomic E-state index is -3.86. The molecule has 10 nitrogen and oxygen atoms in total. The van der Waals surface area contributed by atoms with Crippen LogP contribution in [0.4, 0.5) is 10.8 Å². The van der Waals surface area contributed by atoms with Gasteiger partial charge in [0, 0.05) is 34.0 Å². The third-order valence-corrected chi connectivity index (χ3v) is 8.03. The highest BCUT2D eigenvalue weighted by atomic mass is 32.2. The first-order valence-corrected chi connectivity index (χ1v) is 15.0. The lowest BCUT2D eigenvalue weighted by molar-refractivity contribution is -0.146. The molecular formula is C28H30N4O6S2. The number of carbonyl (C=O) groups is 2. The van der Waals surface area contributed by atoms with E-state index in [2.05, 4.69) is 15.3 Å². The van der Waals surface area contributed by atoms with Crippen LogP contribution in [0.5, 0.6) is 0 Å². The number of ether oxygens (including phenoxy) is 2. The van der Waals surface area contributed by atoms with Gasteiger partial charge in [-0.1, -0.05) is 30.3 Å². The lowest BCUT2D eigenvalue weighted by Crippen LogP contribution is -2.36.